The molecule has 0 saturated heterocycles. The highest BCUT2D eigenvalue weighted by atomic mass is 31.2. The van der Waals surface area contributed by atoms with Crippen molar-refractivity contribution >= 4 is 19.8 Å². The van der Waals surface area contributed by atoms with E-state index in [1.165, 1.54) is 19.3 Å². The predicted octanol–water partition coefficient (Wildman–Crippen LogP) is 11.0. The molecule has 0 aromatic heterocycles. The molecular weight excluding hydrogens is 743 g/mol. The predicted molar refractivity (Wildman–Crippen MR) is 232 cm³/mol. The number of allylic oxidation sites excluding steroid dienone is 18. The van der Waals surface area contributed by atoms with E-state index < -0.39 is 51.8 Å². The Morgan fingerprint density at radius 1 is 0.544 bits per heavy atom. The van der Waals surface area contributed by atoms with Crippen molar-refractivity contribution in [2.24, 2.45) is 0 Å². The fraction of sp³-hybridized carbons (Fsp3) is 0.565. The van der Waals surface area contributed by atoms with E-state index in [2.05, 4.69) is 103 Å². The van der Waals surface area contributed by atoms with Gasteiger partial charge in [0.2, 0.25) is 0 Å². The van der Waals surface area contributed by atoms with Gasteiger partial charge in [0.05, 0.1) is 19.8 Å². The average Bonchev–Trinajstić information content (AvgIpc) is 3.20. The number of phosphoric acid groups is 1. The summed E-state index contributed by atoms with van der Waals surface area (Å²) in [5.74, 6) is -1.07. The molecule has 0 aliphatic carbocycles. The lowest BCUT2D eigenvalue weighted by Gasteiger charge is -2.20. The smallest absolute Gasteiger partial charge is 0.462 e. The molecule has 57 heavy (non-hydrogen) atoms. The van der Waals surface area contributed by atoms with Gasteiger partial charge in [0.25, 0.3) is 0 Å². The van der Waals surface area contributed by atoms with Crippen molar-refractivity contribution in [2.75, 3.05) is 26.4 Å². The molecule has 0 saturated carbocycles. The van der Waals surface area contributed by atoms with Crippen molar-refractivity contribution in [3.63, 3.8) is 0 Å². The van der Waals surface area contributed by atoms with Gasteiger partial charge < -0.3 is 24.6 Å². The van der Waals surface area contributed by atoms with Crippen molar-refractivity contribution in [3.05, 3.63) is 109 Å². The molecule has 0 aliphatic rings. The number of hydrogen-bond donors (Lipinski definition) is 3. The molecule has 0 amide bonds. The number of rotatable bonds is 37. The second-order valence-electron chi connectivity index (χ2n) is 13.3. The van der Waals surface area contributed by atoms with E-state index in [1.807, 2.05) is 24.3 Å². The average molecular weight is 817 g/mol. The summed E-state index contributed by atoms with van der Waals surface area (Å²) in [6, 6.07) is 0. The molecule has 0 fully saturated rings. The zero-order valence-electron chi connectivity index (χ0n) is 34.7. The van der Waals surface area contributed by atoms with Gasteiger partial charge in [-0.2, -0.15) is 0 Å². The topological polar surface area (TPSA) is 149 Å². The Balaban J connectivity index is 4.54. The number of carbonyl (C=O) groups is 2. The number of carbonyl (C=O) groups excluding carboxylic acids is 2. The lowest BCUT2D eigenvalue weighted by molar-refractivity contribution is -0.161. The lowest BCUT2D eigenvalue weighted by Crippen LogP contribution is -2.29. The van der Waals surface area contributed by atoms with E-state index in [9.17, 15) is 24.2 Å². The molecule has 10 nitrogen and oxygen atoms in total. The number of aliphatic hydroxyl groups excluding tert-OH is 2. The summed E-state index contributed by atoms with van der Waals surface area (Å²) in [4.78, 5) is 34.9. The number of phosphoric ester groups is 1. The number of aliphatic hydroxyl groups is 2. The zero-order chi connectivity index (χ0) is 41.9. The molecule has 0 aromatic carbocycles. The summed E-state index contributed by atoms with van der Waals surface area (Å²) < 4.78 is 32.5. The summed E-state index contributed by atoms with van der Waals surface area (Å²) in [6.45, 7) is 2.07. The lowest BCUT2D eigenvalue weighted by atomic mass is 10.2. The van der Waals surface area contributed by atoms with Crippen LogP contribution in [0, 0.1) is 0 Å². The van der Waals surface area contributed by atoms with Crippen LogP contribution in [0.25, 0.3) is 0 Å². The maximum Gasteiger partial charge on any atom is 0.472 e. The molecule has 0 spiro atoms. The first-order chi connectivity index (χ1) is 27.7. The first-order valence-corrected chi connectivity index (χ1v) is 22.3. The number of unbranched alkanes of at least 4 members (excludes halogenated alkanes) is 5. The van der Waals surface area contributed by atoms with Crippen LogP contribution in [0.4, 0.5) is 0 Å². The summed E-state index contributed by atoms with van der Waals surface area (Å²) in [5.41, 5.74) is 0. The maximum absolute atomic E-state index is 12.6. The van der Waals surface area contributed by atoms with E-state index in [-0.39, 0.29) is 19.4 Å². The van der Waals surface area contributed by atoms with Crippen molar-refractivity contribution in [2.45, 2.75) is 142 Å². The minimum Gasteiger partial charge on any atom is -0.462 e. The van der Waals surface area contributed by atoms with Crippen LogP contribution in [0.3, 0.4) is 0 Å². The van der Waals surface area contributed by atoms with Crippen molar-refractivity contribution in [1.29, 1.82) is 0 Å². The Kier molecular flexibility index (Phi) is 38.4. The number of ether oxygens (including phenoxy) is 2. The maximum atomic E-state index is 12.6. The second kappa shape index (κ2) is 40.8. The Bertz CT molecular complexity index is 1310. The number of hydrogen-bond acceptors (Lipinski definition) is 9. The molecule has 11 heteroatoms. The third-order valence-electron chi connectivity index (χ3n) is 7.91. The second-order valence-corrected chi connectivity index (χ2v) is 14.7. The van der Waals surface area contributed by atoms with Crippen LogP contribution in [0.5, 0.6) is 0 Å². The van der Waals surface area contributed by atoms with Gasteiger partial charge in [-0.1, -0.05) is 136 Å². The Labute approximate surface area is 344 Å². The first-order valence-electron chi connectivity index (χ1n) is 20.8. The third-order valence-corrected chi connectivity index (χ3v) is 8.86. The van der Waals surface area contributed by atoms with E-state index in [0.29, 0.717) is 25.7 Å². The van der Waals surface area contributed by atoms with Gasteiger partial charge in [0.15, 0.2) is 6.10 Å². The zero-order valence-corrected chi connectivity index (χ0v) is 35.6. The molecule has 3 atom stereocenters. The van der Waals surface area contributed by atoms with Crippen LogP contribution in [0.15, 0.2) is 109 Å². The monoisotopic (exact) mass is 816 g/mol. The van der Waals surface area contributed by atoms with Gasteiger partial charge in [-0.25, -0.2) is 4.57 Å². The fourth-order valence-corrected chi connectivity index (χ4v) is 5.51. The summed E-state index contributed by atoms with van der Waals surface area (Å²) >= 11 is 0. The van der Waals surface area contributed by atoms with Gasteiger partial charge >= 0.3 is 19.8 Å². The van der Waals surface area contributed by atoms with Crippen LogP contribution in [-0.2, 0) is 32.7 Å². The highest BCUT2D eigenvalue weighted by Crippen LogP contribution is 2.43. The van der Waals surface area contributed by atoms with Crippen molar-refractivity contribution in [1.82, 2.24) is 0 Å². The van der Waals surface area contributed by atoms with Crippen LogP contribution in [0.1, 0.15) is 129 Å². The van der Waals surface area contributed by atoms with E-state index in [0.717, 1.165) is 57.8 Å². The fourth-order valence-electron chi connectivity index (χ4n) is 4.72. The molecular formula is C46H73O10P. The molecule has 322 valence electrons. The largest absolute Gasteiger partial charge is 0.472 e. The molecule has 0 aliphatic heterocycles. The molecule has 1 unspecified atom stereocenters. The van der Waals surface area contributed by atoms with Crippen LogP contribution in [-0.4, -0.2) is 65.7 Å². The van der Waals surface area contributed by atoms with Gasteiger partial charge in [0.1, 0.15) is 12.7 Å². The molecule has 3 N–H and O–H groups in total. The van der Waals surface area contributed by atoms with Crippen LogP contribution in [0.2, 0.25) is 0 Å². The SMILES string of the molecule is CC/C=C/C/C=C/C/C=C/C/C=C/C/C=C/CCCC(=O)OC[C@H](COP(=O)(O)OC[C@@H](O)CO)OC(=O)CCC/C=C/C/C=C/C/C=C/C/C=C/CCCCC. The standard InChI is InChI=1S/C46H73O10P/c1-3-5-7-9-11-13-15-17-19-21-23-25-27-29-31-33-35-37-45(49)53-41-44(42-55-57(51,52)54-40-43(48)39-47)56-46(50)38-36-34-32-30-28-26-24-22-20-18-16-14-12-10-8-6-4-2/h5,7,11-14,17-20,23-26,29-32,43-44,47-48H,3-4,6,8-10,15-16,21-22,27-28,33-42H2,1-2H3,(H,51,52)/b7-5+,13-11+,14-12+,19-17+,20-18+,25-23+,26-24+,31-29+,32-30+/t43-,44+/m0/s1. The summed E-state index contributed by atoms with van der Waals surface area (Å²) in [5, 5.41) is 18.3. The van der Waals surface area contributed by atoms with Crippen molar-refractivity contribution in [3.8, 4) is 0 Å². The molecule has 0 heterocycles. The Hall–Kier alpha value is -3.37. The normalized spacial score (nSPS) is 15.0. The highest BCUT2D eigenvalue weighted by Gasteiger charge is 2.27. The van der Waals surface area contributed by atoms with E-state index in [4.69, 9.17) is 19.1 Å². The first kappa shape index (κ1) is 53.6. The summed E-state index contributed by atoms with van der Waals surface area (Å²) in [7, 11) is -4.65. The van der Waals surface area contributed by atoms with Crippen LogP contribution >= 0.6 is 7.82 Å². The Morgan fingerprint density at radius 3 is 1.39 bits per heavy atom. The van der Waals surface area contributed by atoms with Gasteiger partial charge in [-0.15, -0.1) is 0 Å². The van der Waals surface area contributed by atoms with Crippen molar-refractivity contribution < 1.29 is 47.8 Å². The van der Waals surface area contributed by atoms with E-state index >= 15 is 0 Å². The van der Waals surface area contributed by atoms with Crippen LogP contribution < -0.4 is 0 Å². The quantitative estimate of drug-likeness (QED) is 0.0239. The van der Waals surface area contributed by atoms with Gasteiger partial charge in [0, 0.05) is 12.8 Å². The van der Waals surface area contributed by atoms with E-state index in [1.54, 1.807) is 0 Å². The molecule has 0 rings (SSSR count). The van der Waals surface area contributed by atoms with Gasteiger partial charge in [-0.05, 0) is 89.9 Å². The Morgan fingerprint density at radius 2 is 0.947 bits per heavy atom. The third kappa shape index (κ3) is 40.6. The number of esters is 2. The minimum atomic E-state index is -4.65. The molecule has 0 bridgehead atoms. The molecule has 0 radical (unpaired) electrons. The highest BCUT2D eigenvalue weighted by molar-refractivity contribution is 7.47. The summed E-state index contributed by atoms with van der Waals surface area (Å²) in [6.07, 6.45) is 50.7. The van der Waals surface area contributed by atoms with Gasteiger partial charge in [-0.3, -0.25) is 18.6 Å². The minimum absolute atomic E-state index is 0.0890. The molecule has 0 aromatic rings.